The Bertz CT molecular complexity index is 1570. The van der Waals surface area contributed by atoms with E-state index in [1.807, 2.05) is 0 Å². The SMILES string of the molecule is [C-]#[N+]c1c(N)nc(SCc2csc(Nc3ccc(F)c(F)c3)n2)c(C#N)c1-c1ccc(OC[C@H](O)CO)cc1. The van der Waals surface area contributed by atoms with Gasteiger partial charge in [-0.1, -0.05) is 23.9 Å². The molecule has 9 nitrogen and oxygen atoms in total. The van der Waals surface area contributed by atoms with Crippen molar-refractivity contribution in [2.45, 2.75) is 16.9 Å². The highest BCUT2D eigenvalue weighted by Crippen LogP contribution is 2.42. The number of nitrogens with zero attached hydrogens (tertiary/aromatic N) is 4. The summed E-state index contributed by atoms with van der Waals surface area (Å²) in [6.07, 6.45) is -1.02. The van der Waals surface area contributed by atoms with E-state index < -0.39 is 24.3 Å². The van der Waals surface area contributed by atoms with Crippen LogP contribution in [0.1, 0.15) is 11.3 Å². The second-order valence-electron chi connectivity index (χ2n) is 7.98. The van der Waals surface area contributed by atoms with Gasteiger partial charge in [0.1, 0.15) is 35.4 Å². The van der Waals surface area contributed by atoms with Crippen LogP contribution in [0.2, 0.25) is 0 Å². The average molecular weight is 567 g/mol. The maximum Gasteiger partial charge on any atom is 0.236 e. The minimum absolute atomic E-state index is 0.0214. The van der Waals surface area contributed by atoms with E-state index in [4.69, 9.17) is 22.1 Å². The number of anilines is 3. The number of aromatic nitrogens is 2. The van der Waals surface area contributed by atoms with Gasteiger partial charge in [-0.15, -0.1) is 11.3 Å². The van der Waals surface area contributed by atoms with Gasteiger partial charge in [0.2, 0.25) is 5.69 Å². The van der Waals surface area contributed by atoms with E-state index in [1.54, 1.807) is 29.6 Å². The second kappa shape index (κ2) is 12.5. The molecule has 0 bridgehead atoms. The number of hydrogen-bond acceptors (Lipinski definition) is 10. The Morgan fingerprint density at radius 3 is 2.64 bits per heavy atom. The minimum atomic E-state index is -1.02. The molecule has 0 saturated carbocycles. The van der Waals surface area contributed by atoms with Crippen molar-refractivity contribution in [3.8, 4) is 22.9 Å². The third-order valence-corrected chi connectivity index (χ3v) is 7.08. The molecule has 1 atom stereocenters. The standard InChI is InChI=1S/C26H20F2N6O3S2/c1-31-23-22(14-2-5-18(6-3-14)37-11-17(36)10-35)19(9-29)25(34-24(23)30)38-12-16-13-39-26(33-16)32-15-4-7-20(27)21(28)8-15/h2-8,13,17,35-36H,10-12H2,(H2,30,34)(H,32,33)/t17-/m1/s1. The van der Waals surface area contributed by atoms with Gasteiger partial charge in [-0.3, -0.25) is 0 Å². The molecule has 5 N–H and O–H groups in total. The fourth-order valence-corrected chi connectivity index (χ4v) is 5.13. The molecule has 0 unspecified atom stereocenters. The highest BCUT2D eigenvalue weighted by atomic mass is 32.2. The van der Waals surface area contributed by atoms with E-state index in [-0.39, 0.29) is 23.7 Å². The third-order valence-electron chi connectivity index (χ3n) is 5.26. The first-order valence-electron chi connectivity index (χ1n) is 11.2. The summed E-state index contributed by atoms with van der Waals surface area (Å²) in [5.74, 6) is -1.17. The number of nitrogen functional groups attached to an aromatic ring is 1. The molecule has 0 aliphatic carbocycles. The zero-order chi connectivity index (χ0) is 27.9. The number of hydrogen-bond donors (Lipinski definition) is 4. The lowest BCUT2D eigenvalue weighted by Crippen LogP contribution is -2.21. The van der Waals surface area contributed by atoms with Gasteiger partial charge in [0.05, 0.1) is 24.4 Å². The van der Waals surface area contributed by atoms with Gasteiger partial charge in [-0.2, -0.15) is 5.26 Å². The lowest BCUT2D eigenvalue weighted by Gasteiger charge is -2.14. The number of aliphatic hydroxyl groups is 2. The van der Waals surface area contributed by atoms with Gasteiger partial charge >= 0.3 is 0 Å². The molecule has 4 aromatic rings. The summed E-state index contributed by atoms with van der Waals surface area (Å²) in [4.78, 5) is 12.2. The van der Waals surface area contributed by atoms with Gasteiger partial charge in [-0.25, -0.2) is 23.6 Å². The molecule has 198 valence electrons. The largest absolute Gasteiger partial charge is 0.491 e. The Hall–Kier alpha value is -4.27. The summed E-state index contributed by atoms with van der Waals surface area (Å²) in [5, 5.41) is 33.9. The number of ether oxygens (including phenoxy) is 1. The van der Waals surface area contributed by atoms with Crippen LogP contribution < -0.4 is 15.8 Å². The second-order valence-corrected chi connectivity index (χ2v) is 9.80. The number of nitrogens with two attached hydrogens (primary N) is 1. The monoisotopic (exact) mass is 566 g/mol. The maximum atomic E-state index is 13.5. The van der Waals surface area contributed by atoms with Crippen LogP contribution in [0.5, 0.6) is 5.75 Å². The number of thiazole rings is 1. The Morgan fingerprint density at radius 1 is 1.21 bits per heavy atom. The van der Waals surface area contributed by atoms with Crippen LogP contribution >= 0.6 is 23.1 Å². The molecular weight excluding hydrogens is 546 g/mol. The van der Waals surface area contributed by atoms with Crippen LogP contribution in [-0.2, 0) is 5.75 Å². The number of nitrogens with one attached hydrogen (secondary N) is 1. The highest BCUT2D eigenvalue weighted by molar-refractivity contribution is 7.98. The first-order valence-corrected chi connectivity index (χ1v) is 13.1. The molecular formula is C26H20F2N6O3S2. The van der Waals surface area contributed by atoms with Gasteiger partial charge in [0.25, 0.3) is 0 Å². The normalized spacial score (nSPS) is 11.4. The number of aliphatic hydroxyl groups excluding tert-OH is 2. The van der Waals surface area contributed by atoms with E-state index >= 15 is 0 Å². The fourth-order valence-electron chi connectivity index (χ4n) is 3.41. The quantitative estimate of drug-likeness (QED) is 0.149. The number of pyridine rings is 1. The molecule has 2 aromatic heterocycles. The van der Waals surface area contributed by atoms with Gasteiger partial charge in [-0.05, 0) is 29.8 Å². The predicted octanol–water partition coefficient (Wildman–Crippen LogP) is 5.26. The van der Waals surface area contributed by atoms with Crippen LogP contribution in [0.4, 0.5) is 31.1 Å². The number of nitriles is 1. The number of thioether (sulfide) groups is 1. The Kier molecular flexibility index (Phi) is 8.91. The van der Waals surface area contributed by atoms with Crippen molar-refractivity contribution < 1.29 is 23.7 Å². The lowest BCUT2D eigenvalue weighted by molar-refractivity contribution is 0.0536. The van der Waals surface area contributed by atoms with E-state index in [2.05, 4.69) is 26.2 Å². The Labute approximate surface area is 230 Å². The summed E-state index contributed by atoms with van der Waals surface area (Å²) in [7, 11) is 0. The van der Waals surface area contributed by atoms with Crippen LogP contribution in [0.15, 0.2) is 52.9 Å². The van der Waals surface area contributed by atoms with E-state index in [1.165, 1.54) is 29.2 Å². The van der Waals surface area contributed by atoms with Crippen molar-refractivity contribution >= 4 is 45.4 Å². The minimum Gasteiger partial charge on any atom is -0.491 e. The first-order chi connectivity index (χ1) is 18.8. The zero-order valence-electron chi connectivity index (χ0n) is 20.1. The highest BCUT2D eigenvalue weighted by Gasteiger charge is 2.21. The summed E-state index contributed by atoms with van der Waals surface area (Å²) in [6.45, 7) is 7.08. The number of rotatable bonds is 10. The predicted molar refractivity (Wildman–Crippen MR) is 145 cm³/mol. The number of halogens is 2. The summed E-state index contributed by atoms with van der Waals surface area (Å²) in [5.41, 5.74) is 8.22. The van der Waals surface area contributed by atoms with Crippen LogP contribution in [0, 0.1) is 29.5 Å². The summed E-state index contributed by atoms with van der Waals surface area (Å²) in [6, 6.07) is 12.2. The van der Waals surface area contributed by atoms with Crippen molar-refractivity contribution in [3.63, 3.8) is 0 Å². The molecule has 0 spiro atoms. The fraction of sp³-hybridized carbons (Fsp3) is 0.154. The van der Waals surface area contributed by atoms with E-state index in [0.717, 1.165) is 12.1 Å². The molecule has 4 rings (SSSR count). The summed E-state index contributed by atoms with van der Waals surface area (Å²) < 4.78 is 32.1. The van der Waals surface area contributed by atoms with Crippen molar-refractivity contribution in [2.75, 3.05) is 24.3 Å². The molecule has 0 aliphatic rings. The van der Waals surface area contributed by atoms with Gasteiger partial charge in [0.15, 0.2) is 16.8 Å². The number of benzene rings is 2. The van der Waals surface area contributed by atoms with Gasteiger partial charge < -0.3 is 26.0 Å². The lowest BCUT2D eigenvalue weighted by atomic mass is 10.00. The summed E-state index contributed by atoms with van der Waals surface area (Å²) >= 11 is 2.50. The third kappa shape index (κ3) is 6.60. The smallest absolute Gasteiger partial charge is 0.236 e. The van der Waals surface area contributed by atoms with E-state index in [9.17, 15) is 19.1 Å². The van der Waals surface area contributed by atoms with Crippen molar-refractivity contribution in [2.24, 2.45) is 0 Å². The molecule has 0 amide bonds. The van der Waals surface area contributed by atoms with Crippen LogP contribution in [0.25, 0.3) is 16.0 Å². The molecule has 0 fully saturated rings. The Morgan fingerprint density at radius 2 is 1.97 bits per heavy atom. The molecule has 39 heavy (non-hydrogen) atoms. The zero-order valence-corrected chi connectivity index (χ0v) is 21.7. The molecule has 0 radical (unpaired) electrons. The van der Waals surface area contributed by atoms with Crippen molar-refractivity contribution in [3.05, 3.63) is 82.2 Å². The molecule has 0 aliphatic heterocycles. The molecule has 0 saturated heterocycles. The van der Waals surface area contributed by atoms with Gasteiger partial charge in [0, 0.05) is 28.5 Å². The van der Waals surface area contributed by atoms with Crippen LogP contribution in [0.3, 0.4) is 0 Å². The molecule has 2 aromatic carbocycles. The Balaban J connectivity index is 1.55. The average Bonchev–Trinajstić information content (AvgIpc) is 3.39. The van der Waals surface area contributed by atoms with Crippen LogP contribution in [-0.4, -0.2) is 39.5 Å². The maximum absolute atomic E-state index is 13.5. The molecule has 13 heteroatoms. The van der Waals surface area contributed by atoms with Crippen molar-refractivity contribution in [1.29, 1.82) is 5.26 Å². The van der Waals surface area contributed by atoms with Crippen molar-refractivity contribution in [1.82, 2.24) is 9.97 Å². The van der Waals surface area contributed by atoms with E-state index in [0.29, 0.717) is 44.2 Å². The topological polar surface area (TPSA) is 142 Å². The first kappa shape index (κ1) is 27.8. The molecule has 2 heterocycles.